The van der Waals surface area contributed by atoms with Gasteiger partial charge in [0, 0.05) is 12.5 Å². The Morgan fingerprint density at radius 3 is 2.26 bits per heavy atom. The topological polar surface area (TPSA) is 23.6 Å². The van der Waals surface area contributed by atoms with Crippen molar-refractivity contribution in [1.82, 2.24) is 9.80 Å². The third-order valence-corrected chi connectivity index (χ3v) is 4.98. The molecule has 3 heteroatoms. The summed E-state index contributed by atoms with van der Waals surface area (Å²) >= 11 is 0. The Morgan fingerprint density at radius 2 is 1.63 bits per heavy atom. The van der Waals surface area contributed by atoms with Crippen LogP contribution in [0.5, 0.6) is 0 Å². The van der Waals surface area contributed by atoms with Crippen molar-refractivity contribution in [2.45, 2.75) is 45.6 Å². The monoisotopic (exact) mass is 266 g/mol. The first-order valence-corrected chi connectivity index (χ1v) is 7.90. The summed E-state index contributed by atoms with van der Waals surface area (Å²) in [6.45, 7) is 7.69. The van der Waals surface area contributed by atoms with E-state index in [1.54, 1.807) is 0 Å². The predicted molar refractivity (Wildman–Crippen MR) is 79.2 cm³/mol. The van der Waals surface area contributed by atoms with E-state index < -0.39 is 0 Å². The molecule has 0 radical (unpaired) electrons. The summed E-state index contributed by atoms with van der Waals surface area (Å²) in [5.74, 6) is 2.24. The van der Waals surface area contributed by atoms with Crippen LogP contribution in [0.4, 0.5) is 0 Å². The molecule has 1 aliphatic heterocycles. The van der Waals surface area contributed by atoms with Crippen LogP contribution in [0.3, 0.4) is 0 Å². The zero-order valence-corrected chi connectivity index (χ0v) is 13.1. The predicted octanol–water partition coefficient (Wildman–Crippen LogP) is 2.26. The molecule has 0 amide bonds. The zero-order chi connectivity index (χ0) is 14.0. The fourth-order valence-electron chi connectivity index (χ4n) is 4.03. The highest BCUT2D eigenvalue weighted by molar-refractivity contribution is 5.86. The van der Waals surface area contributed by atoms with E-state index in [9.17, 15) is 4.79 Å². The van der Waals surface area contributed by atoms with Crippen LogP contribution in [0.2, 0.25) is 0 Å². The second-order valence-electron chi connectivity index (χ2n) is 7.13. The molecular formula is C16H30N2O. The lowest BCUT2D eigenvalue weighted by Gasteiger charge is -2.35. The van der Waals surface area contributed by atoms with Gasteiger partial charge in [-0.15, -0.1) is 0 Å². The number of ketones is 1. The minimum atomic E-state index is 0.120. The summed E-state index contributed by atoms with van der Waals surface area (Å²) in [5, 5.41) is 0. The van der Waals surface area contributed by atoms with E-state index in [0.717, 1.165) is 32.5 Å². The largest absolute Gasteiger partial charge is 0.304 e. The number of carbonyl (C=O) groups is 1. The van der Waals surface area contributed by atoms with Crippen molar-refractivity contribution in [3.05, 3.63) is 0 Å². The first kappa shape index (κ1) is 15.0. The number of hydrogen-bond donors (Lipinski definition) is 0. The minimum absolute atomic E-state index is 0.120. The summed E-state index contributed by atoms with van der Waals surface area (Å²) in [7, 11) is 4.27. The maximum Gasteiger partial charge on any atom is 0.154 e. The van der Waals surface area contributed by atoms with Crippen molar-refractivity contribution >= 4 is 5.78 Å². The Balaban J connectivity index is 2.04. The summed E-state index contributed by atoms with van der Waals surface area (Å²) in [4.78, 5) is 17.5. The first-order valence-electron chi connectivity index (χ1n) is 7.90. The molecule has 0 aromatic heterocycles. The molecule has 2 aliphatic rings. The fraction of sp³-hybridized carbons (Fsp3) is 0.938. The van der Waals surface area contributed by atoms with Gasteiger partial charge in [0.05, 0.1) is 6.04 Å². The number of likely N-dealkylation sites (N-methyl/N-ethyl adjacent to an activating group) is 2. The fourth-order valence-corrected chi connectivity index (χ4v) is 4.03. The number of nitrogens with zero attached hydrogens (tertiary/aromatic N) is 2. The highest BCUT2D eigenvalue weighted by Gasteiger charge is 2.35. The van der Waals surface area contributed by atoms with Crippen LogP contribution in [0, 0.1) is 17.8 Å². The maximum absolute atomic E-state index is 12.9. The molecule has 3 unspecified atom stereocenters. The molecule has 2 fully saturated rings. The van der Waals surface area contributed by atoms with E-state index in [1.807, 2.05) is 0 Å². The van der Waals surface area contributed by atoms with Crippen LogP contribution < -0.4 is 0 Å². The highest BCUT2D eigenvalue weighted by Crippen LogP contribution is 2.34. The molecule has 0 bridgehead atoms. The minimum Gasteiger partial charge on any atom is -0.304 e. The van der Waals surface area contributed by atoms with E-state index in [4.69, 9.17) is 0 Å². The van der Waals surface area contributed by atoms with Gasteiger partial charge in [0.2, 0.25) is 0 Å². The standard InChI is InChI=1S/C16H30N2O/c1-12-8-13(2)10-14(9-12)16(19)15-11-17(3)6-5-7-18(15)4/h12-15H,5-11H2,1-4H3. The average Bonchev–Trinajstić information content (AvgIpc) is 2.49. The number of Topliss-reactive ketones (excluding diaryl/α,β-unsaturated/α-hetero) is 1. The summed E-state index contributed by atoms with van der Waals surface area (Å²) < 4.78 is 0. The van der Waals surface area contributed by atoms with E-state index >= 15 is 0 Å². The van der Waals surface area contributed by atoms with Crippen LogP contribution in [0.1, 0.15) is 39.5 Å². The average molecular weight is 266 g/mol. The van der Waals surface area contributed by atoms with Crippen molar-refractivity contribution in [3.8, 4) is 0 Å². The van der Waals surface area contributed by atoms with Crippen molar-refractivity contribution in [3.63, 3.8) is 0 Å². The molecule has 0 N–H and O–H groups in total. The van der Waals surface area contributed by atoms with Crippen molar-refractivity contribution in [2.24, 2.45) is 17.8 Å². The van der Waals surface area contributed by atoms with Gasteiger partial charge >= 0.3 is 0 Å². The van der Waals surface area contributed by atoms with Crippen LogP contribution in [0.15, 0.2) is 0 Å². The van der Waals surface area contributed by atoms with Gasteiger partial charge in [-0.1, -0.05) is 13.8 Å². The van der Waals surface area contributed by atoms with Crippen molar-refractivity contribution in [2.75, 3.05) is 33.7 Å². The van der Waals surface area contributed by atoms with Crippen molar-refractivity contribution < 1.29 is 4.79 Å². The van der Waals surface area contributed by atoms with Gasteiger partial charge in [-0.05, 0) is 64.7 Å². The number of hydrogen-bond acceptors (Lipinski definition) is 3. The molecular weight excluding hydrogens is 236 g/mol. The molecule has 3 nitrogen and oxygen atoms in total. The quantitative estimate of drug-likeness (QED) is 0.766. The molecule has 1 saturated carbocycles. The summed E-state index contributed by atoms with van der Waals surface area (Å²) in [5.41, 5.74) is 0. The second-order valence-corrected chi connectivity index (χ2v) is 7.13. The Morgan fingerprint density at radius 1 is 1.00 bits per heavy atom. The Bertz CT molecular complexity index is 308. The SMILES string of the molecule is CC1CC(C)CC(C(=O)C2CN(C)CCCN2C)C1. The van der Waals surface area contributed by atoms with Crippen LogP contribution in [-0.2, 0) is 4.79 Å². The molecule has 19 heavy (non-hydrogen) atoms. The molecule has 110 valence electrons. The number of carbonyl (C=O) groups excluding carboxylic acids is 1. The van der Waals surface area contributed by atoms with Crippen LogP contribution in [0.25, 0.3) is 0 Å². The third-order valence-electron chi connectivity index (χ3n) is 4.98. The second kappa shape index (κ2) is 6.36. The lowest BCUT2D eigenvalue weighted by atomic mass is 9.74. The Kier molecular flexibility index (Phi) is 5.02. The highest BCUT2D eigenvalue weighted by atomic mass is 16.1. The Hall–Kier alpha value is -0.410. The summed E-state index contributed by atoms with van der Waals surface area (Å²) in [6.07, 6.45) is 4.69. The Labute approximate surface area is 118 Å². The van der Waals surface area contributed by atoms with Gasteiger partial charge in [0.15, 0.2) is 5.78 Å². The van der Waals surface area contributed by atoms with Gasteiger partial charge in [-0.25, -0.2) is 0 Å². The number of rotatable bonds is 2. The third kappa shape index (κ3) is 3.79. The molecule has 3 atom stereocenters. The first-order chi connectivity index (χ1) is 8.97. The molecule has 1 heterocycles. The summed E-state index contributed by atoms with van der Waals surface area (Å²) in [6, 6.07) is 0.120. The van der Waals surface area contributed by atoms with E-state index in [0.29, 0.717) is 23.5 Å². The molecule has 2 rings (SSSR count). The maximum atomic E-state index is 12.9. The molecule has 0 aromatic rings. The smallest absolute Gasteiger partial charge is 0.154 e. The van der Waals surface area contributed by atoms with Gasteiger partial charge in [0.25, 0.3) is 0 Å². The normalized spacial score (nSPS) is 38.9. The van der Waals surface area contributed by atoms with Gasteiger partial charge < -0.3 is 4.90 Å². The lowest BCUT2D eigenvalue weighted by Crippen LogP contribution is -2.47. The molecule has 0 spiro atoms. The van der Waals surface area contributed by atoms with Gasteiger partial charge in [0.1, 0.15) is 0 Å². The van der Waals surface area contributed by atoms with Gasteiger partial charge in [-0.3, -0.25) is 9.69 Å². The van der Waals surface area contributed by atoms with Crippen LogP contribution in [-0.4, -0.2) is 55.4 Å². The van der Waals surface area contributed by atoms with E-state index in [2.05, 4.69) is 37.7 Å². The zero-order valence-electron chi connectivity index (χ0n) is 13.1. The van der Waals surface area contributed by atoms with E-state index in [1.165, 1.54) is 12.8 Å². The van der Waals surface area contributed by atoms with Crippen LogP contribution >= 0.6 is 0 Å². The molecule has 1 saturated heterocycles. The van der Waals surface area contributed by atoms with Crippen molar-refractivity contribution in [1.29, 1.82) is 0 Å². The molecule has 0 aromatic carbocycles. The van der Waals surface area contributed by atoms with Gasteiger partial charge in [-0.2, -0.15) is 0 Å². The van der Waals surface area contributed by atoms with E-state index in [-0.39, 0.29) is 6.04 Å². The lowest BCUT2D eigenvalue weighted by molar-refractivity contribution is -0.130. The molecule has 1 aliphatic carbocycles.